The fraction of sp³-hybridized carbons (Fsp3) is 0.957. The summed E-state index contributed by atoms with van der Waals surface area (Å²) in [5.74, 6) is 0.161. The molecule has 3 heteroatoms. The second-order valence-corrected chi connectivity index (χ2v) is 8.52. The average Bonchev–Trinajstić information content (AvgIpc) is 2.63. The van der Waals surface area contributed by atoms with Crippen LogP contribution in [-0.4, -0.2) is 35.8 Å². The summed E-state index contributed by atoms with van der Waals surface area (Å²) in [6.07, 6.45) is 20.7. The van der Waals surface area contributed by atoms with E-state index in [1.54, 1.807) is 0 Å². The number of carbonyl (C=O) groups excluding carboxylic acids is 1. The molecule has 1 unspecified atom stereocenters. The maximum absolute atomic E-state index is 12.2. The summed E-state index contributed by atoms with van der Waals surface area (Å²) < 4.78 is 0.106. The molecule has 0 bridgehead atoms. The predicted octanol–water partition coefficient (Wildman–Crippen LogP) is 6.58. The predicted molar refractivity (Wildman–Crippen MR) is 113 cm³/mol. The molecule has 0 aromatic rings. The molecular formula is C23H48NO2+. The first-order valence-electron chi connectivity index (χ1n) is 11.5. The monoisotopic (exact) mass is 370 g/mol. The van der Waals surface area contributed by atoms with Crippen LogP contribution in [0, 0.1) is 0 Å². The normalized spacial score (nSPS) is 13.1. The highest BCUT2D eigenvalue weighted by Gasteiger charge is 2.32. The molecule has 1 amide bonds. The number of amides is 1. The van der Waals surface area contributed by atoms with Crippen molar-refractivity contribution in [2.75, 3.05) is 14.1 Å². The Morgan fingerprint density at radius 2 is 1.04 bits per heavy atom. The average molecular weight is 371 g/mol. The van der Waals surface area contributed by atoms with E-state index in [0.717, 1.165) is 12.8 Å². The van der Waals surface area contributed by atoms with Gasteiger partial charge in [0.1, 0.15) is 0 Å². The number of quaternary nitrogens is 1. The molecule has 0 saturated carbocycles. The van der Waals surface area contributed by atoms with Gasteiger partial charge in [0.2, 0.25) is 0 Å². The Morgan fingerprint density at radius 1 is 0.692 bits per heavy atom. The highest BCUT2D eigenvalue weighted by Crippen LogP contribution is 2.16. The third-order valence-electron chi connectivity index (χ3n) is 5.75. The molecule has 156 valence electrons. The zero-order chi connectivity index (χ0) is 19.7. The van der Waals surface area contributed by atoms with Crippen molar-refractivity contribution in [2.24, 2.45) is 0 Å². The fourth-order valence-corrected chi connectivity index (χ4v) is 3.56. The smallest absolute Gasteiger partial charge is 0.315 e. The number of aliphatic hydroxyl groups excluding tert-OH is 1. The lowest BCUT2D eigenvalue weighted by Crippen LogP contribution is -2.52. The molecule has 3 nitrogen and oxygen atoms in total. The molecular weight excluding hydrogens is 322 g/mol. The molecule has 0 saturated heterocycles. The molecule has 0 aromatic carbocycles. The van der Waals surface area contributed by atoms with Gasteiger partial charge in [0.25, 0.3) is 0 Å². The number of aliphatic hydroxyl groups is 1. The first-order valence-corrected chi connectivity index (χ1v) is 11.5. The van der Waals surface area contributed by atoms with Crippen LogP contribution < -0.4 is 0 Å². The van der Waals surface area contributed by atoms with E-state index in [2.05, 4.69) is 6.92 Å². The topological polar surface area (TPSA) is 37.3 Å². The van der Waals surface area contributed by atoms with Crippen LogP contribution in [0.15, 0.2) is 0 Å². The van der Waals surface area contributed by atoms with Gasteiger partial charge < -0.3 is 5.11 Å². The summed E-state index contributed by atoms with van der Waals surface area (Å²) in [5.41, 5.74) is 0. The molecule has 0 fully saturated rings. The Morgan fingerprint density at radius 3 is 1.38 bits per heavy atom. The number of carbonyl (C=O) groups is 1. The second-order valence-electron chi connectivity index (χ2n) is 8.52. The number of unbranched alkanes of at least 4 members (excludes halogenated alkanes) is 14. The van der Waals surface area contributed by atoms with E-state index in [4.69, 9.17) is 0 Å². The molecule has 0 aliphatic heterocycles. The zero-order valence-electron chi connectivity index (χ0n) is 18.4. The molecule has 1 atom stereocenters. The molecule has 0 heterocycles. The van der Waals surface area contributed by atoms with Crippen LogP contribution in [0.25, 0.3) is 0 Å². The van der Waals surface area contributed by atoms with Crippen LogP contribution in [0.3, 0.4) is 0 Å². The van der Waals surface area contributed by atoms with Gasteiger partial charge in [-0.3, -0.25) is 0 Å². The van der Waals surface area contributed by atoms with Crippen molar-refractivity contribution in [3.05, 3.63) is 0 Å². The van der Waals surface area contributed by atoms with E-state index in [1.165, 1.54) is 83.5 Å². The maximum atomic E-state index is 12.2. The highest BCUT2D eigenvalue weighted by atomic mass is 16.3. The molecule has 0 aliphatic carbocycles. The van der Waals surface area contributed by atoms with Gasteiger partial charge in [-0.1, -0.05) is 104 Å². The Kier molecular flexibility index (Phi) is 16.5. The van der Waals surface area contributed by atoms with Crippen molar-refractivity contribution in [1.82, 2.24) is 0 Å². The van der Waals surface area contributed by atoms with Gasteiger partial charge in [-0.2, -0.15) is 0 Å². The second kappa shape index (κ2) is 16.7. The van der Waals surface area contributed by atoms with E-state index < -0.39 is 6.23 Å². The van der Waals surface area contributed by atoms with Crippen LogP contribution >= 0.6 is 0 Å². The number of hydrogen-bond donors (Lipinski definition) is 1. The summed E-state index contributed by atoms with van der Waals surface area (Å²) in [4.78, 5) is 12.2. The third kappa shape index (κ3) is 12.9. The minimum atomic E-state index is -0.571. The van der Waals surface area contributed by atoms with Crippen LogP contribution in [0.4, 0.5) is 0 Å². The van der Waals surface area contributed by atoms with Gasteiger partial charge in [0.05, 0.1) is 20.5 Å². The Balaban J connectivity index is 3.35. The zero-order valence-corrected chi connectivity index (χ0v) is 18.4. The molecule has 0 radical (unpaired) electrons. The van der Waals surface area contributed by atoms with E-state index >= 15 is 0 Å². The highest BCUT2D eigenvalue weighted by molar-refractivity contribution is 5.68. The summed E-state index contributed by atoms with van der Waals surface area (Å²) in [7, 11) is 3.64. The van der Waals surface area contributed by atoms with E-state index in [-0.39, 0.29) is 10.4 Å². The Labute approximate surface area is 164 Å². The molecule has 0 aliphatic rings. The first-order chi connectivity index (χ1) is 12.5. The number of rotatable bonds is 18. The number of nitrogens with zero attached hydrogens (tertiary/aromatic N) is 1. The molecule has 0 aromatic heterocycles. The molecule has 1 N–H and O–H groups in total. The van der Waals surface area contributed by atoms with Crippen molar-refractivity contribution in [1.29, 1.82) is 0 Å². The Bertz CT molecular complexity index is 328. The molecule has 0 rings (SSSR count). The lowest BCUT2D eigenvalue weighted by Gasteiger charge is -2.31. The third-order valence-corrected chi connectivity index (χ3v) is 5.75. The number of hydrogen-bond acceptors (Lipinski definition) is 2. The van der Waals surface area contributed by atoms with Crippen molar-refractivity contribution >= 4 is 5.91 Å². The van der Waals surface area contributed by atoms with Crippen molar-refractivity contribution in [3.8, 4) is 0 Å². The minimum Gasteiger partial charge on any atom is -0.344 e. The lowest BCUT2D eigenvalue weighted by atomic mass is 10.0. The van der Waals surface area contributed by atoms with E-state index in [1.807, 2.05) is 21.0 Å². The van der Waals surface area contributed by atoms with Crippen molar-refractivity contribution in [3.63, 3.8) is 0 Å². The van der Waals surface area contributed by atoms with E-state index in [0.29, 0.717) is 12.8 Å². The van der Waals surface area contributed by atoms with Gasteiger partial charge >= 0.3 is 5.91 Å². The van der Waals surface area contributed by atoms with Crippen LogP contribution in [0.2, 0.25) is 0 Å². The maximum Gasteiger partial charge on any atom is 0.315 e. The quantitative estimate of drug-likeness (QED) is 0.168. The SMILES string of the molecule is CCCCCCCCCCCCCCCCCC(=O)[N+](C)(C)C(O)CC. The molecule has 0 spiro atoms. The molecule has 26 heavy (non-hydrogen) atoms. The van der Waals surface area contributed by atoms with Crippen LogP contribution in [0.5, 0.6) is 0 Å². The van der Waals surface area contributed by atoms with E-state index in [9.17, 15) is 9.90 Å². The Hall–Kier alpha value is -0.410. The first kappa shape index (κ1) is 25.6. The van der Waals surface area contributed by atoms with Crippen LogP contribution in [0.1, 0.15) is 123 Å². The largest absolute Gasteiger partial charge is 0.344 e. The van der Waals surface area contributed by atoms with Gasteiger partial charge in [-0.15, -0.1) is 0 Å². The van der Waals surface area contributed by atoms with Crippen molar-refractivity contribution < 1.29 is 14.4 Å². The summed E-state index contributed by atoms with van der Waals surface area (Å²) >= 11 is 0. The fourth-order valence-electron chi connectivity index (χ4n) is 3.56. The van der Waals surface area contributed by atoms with Gasteiger partial charge in [0.15, 0.2) is 6.23 Å². The van der Waals surface area contributed by atoms with Gasteiger partial charge in [0, 0.05) is 6.42 Å². The minimum absolute atomic E-state index is 0.106. The van der Waals surface area contributed by atoms with Gasteiger partial charge in [-0.05, 0) is 6.42 Å². The lowest BCUT2D eigenvalue weighted by molar-refractivity contribution is -0.866. The summed E-state index contributed by atoms with van der Waals surface area (Å²) in [6.45, 7) is 4.20. The van der Waals surface area contributed by atoms with Crippen molar-refractivity contribution in [2.45, 2.75) is 129 Å². The summed E-state index contributed by atoms with van der Waals surface area (Å²) in [6, 6.07) is 0. The standard InChI is InChI=1S/C23H48NO2/c1-5-7-8-9-10-11-12-13-14-15-16-17-18-19-20-21-23(26)24(3,4)22(25)6-2/h22,25H,5-21H2,1-4H3/q+1. The van der Waals surface area contributed by atoms with Crippen LogP contribution in [-0.2, 0) is 4.79 Å². The summed E-state index contributed by atoms with van der Waals surface area (Å²) in [5, 5.41) is 9.93. The van der Waals surface area contributed by atoms with Gasteiger partial charge in [-0.25, -0.2) is 9.28 Å².